The summed E-state index contributed by atoms with van der Waals surface area (Å²) in [6, 6.07) is 58.2. The van der Waals surface area contributed by atoms with E-state index < -0.39 is 0 Å². The van der Waals surface area contributed by atoms with Crippen molar-refractivity contribution in [2.45, 2.75) is 199 Å². The summed E-state index contributed by atoms with van der Waals surface area (Å²) < 4.78 is 7.63. The highest BCUT2D eigenvalue weighted by Gasteiger charge is 2.34. The molecule has 0 aliphatic rings. The predicted octanol–water partition coefficient (Wildman–Crippen LogP) is 21.1. The third-order valence-corrected chi connectivity index (χ3v) is 19.9. The Labute approximate surface area is 527 Å². The van der Waals surface area contributed by atoms with E-state index in [9.17, 15) is 0 Å². The number of rotatable bonds is 6. The minimum absolute atomic E-state index is 0.0164. The molecule has 12 rings (SSSR count). The van der Waals surface area contributed by atoms with Crippen LogP contribution in [-0.4, -0.2) is 20.4 Å². The van der Waals surface area contributed by atoms with Gasteiger partial charge in [-0.1, -0.05) is 211 Å². The molecule has 450 valence electrons. The fraction of sp³-hybridized carbons (Fsp3) is 0.357. The Morgan fingerprint density at radius 1 is 0.216 bits per heavy atom. The maximum atomic E-state index is 2.54. The normalized spacial score (nSPS) is 13.2. The average Bonchev–Trinajstić information content (AvgIpc) is 1.52. The second kappa shape index (κ2) is 20.5. The van der Waals surface area contributed by atoms with Gasteiger partial charge in [0.05, 0.1) is 33.1 Å². The zero-order valence-electron chi connectivity index (χ0n) is 57.8. The SMILES string of the molecule is Cc1cc(-n2c3ccc(C(C)(C)C)cc3c3cc(C(C)(C)C)ccc32)cc(C)c1B(c1c(C)cc(-n2c3ccc(C(C)(C)C)cc3c3cc(C(C)(C)C)ccc32)cc1C)c1c(C)cc(-n2c3ccc(C(C)(C)C)cc3c3cc(C(C)(C)C)ccc32)cc1C. The number of fused-ring (bicyclic) bond motifs is 9. The van der Waals surface area contributed by atoms with Gasteiger partial charge in [0.1, 0.15) is 0 Å². The van der Waals surface area contributed by atoms with Crippen molar-refractivity contribution in [1.82, 2.24) is 13.7 Å². The van der Waals surface area contributed by atoms with Gasteiger partial charge in [-0.05, 0) is 217 Å². The number of hydrogen-bond acceptors (Lipinski definition) is 0. The van der Waals surface area contributed by atoms with Crippen LogP contribution in [0.15, 0.2) is 146 Å². The van der Waals surface area contributed by atoms with Gasteiger partial charge < -0.3 is 13.7 Å². The van der Waals surface area contributed by atoms with Crippen LogP contribution < -0.4 is 16.4 Å². The summed E-state index contributed by atoms with van der Waals surface area (Å²) in [4.78, 5) is 0. The first-order valence-corrected chi connectivity index (χ1v) is 32.5. The van der Waals surface area contributed by atoms with E-state index in [2.05, 4.69) is 325 Å². The van der Waals surface area contributed by atoms with E-state index in [1.807, 2.05) is 0 Å². The lowest BCUT2D eigenvalue weighted by Crippen LogP contribution is -2.57. The molecule has 4 heteroatoms. The lowest BCUT2D eigenvalue weighted by Gasteiger charge is -2.28. The van der Waals surface area contributed by atoms with E-state index in [0.717, 1.165) is 0 Å². The Morgan fingerprint density at radius 2 is 0.364 bits per heavy atom. The van der Waals surface area contributed by atoms with Crippen molar-refractivity contribution in [2.24, 2.45) is 0 Å². The molecule has 0 N–H and O–H groups in total. The molecule has 0 atom stereocenters. The highest BCUT2D eigenvalue weighted by molar-refractivity contribution is 6.97. The molecule has 0 saturated carbocycles. The monoisotopic (exact) mass is 1160 g/mol. The van der Waals surface area contributed by atoms with Gasteiger partial charge in [0.2, 0.25) is 6.71 Å². The summed E-state index contributed by atoms with van der Waals surface area (Å²) in [5.74, 6) is 0. The first-order chi connectivity index (χ1) is 40.9. The number of aryl methyl sites for hydroxylation is 6. The van der Waals surface area contributed by atoms with Crippen LogP contribution in [0.1, 0.15) is 191 Å². The van der Waals surface area contributed by atoms with E-state index >= 15 is 0 Å². The van der Waals surface area contributed by atoms with Crippen molar-refractivity contribution in [3.05, 3.63) is 212 Å². The number of hydrogen-bond donors (Lipinski definition) is 0. The van der Waals surface area contributed by atoms with Gasteiger partial charge in [-0.25, -0.2) is 0 Å². The van der Waals surface area contributed by atoms with Gasteiger partial charge in [-0.2, -0.15) is 0 Å². The molecular formula is C84H96BN3. The van der Waals surface area contributed by atoms with Gasteiger partial charge in [-0.15, -0.1) is 0 Å². The summed E-state index contributed by atoms with van der Waals surface area (Å²) in [5.41, 5.74) is 31.1. The molecule has 0 aliphatic carbocycles. The molecule has 0 saturated heterocycles. The van der Waals surface area contributed by atoms with Crippen LogP contribution in [0.25, 0.3) is 82.5 Å². The Balaban J connectivity index is 1.10. The van der Waals surface area contributed by atoms with Crippen molar-refractivity contribution >= 4 is 88.5 Å². The fourth-order valence-corrected chi connectivity index (χ4v) is 14.7. The summed E-state index contributed by atoms with van der Waals surface area (Å²) in [7, 11) is 0. The smallest absolute Gasteiger partial charge is 0.243 e. The molecule has 0 spiro atoms. The largest absolute Gasteiger partial charge is 0.309 e. The van der Waals surface area contributed by atoms with E-state index in [-0.39, 0.29) is 39.2 Å². The zero-order valence-corrected chi connectivity index (χ0v) is 57.8. The second-order valence-corrected chi connectivity index (χ2v) is 32.8. The maximum absolute atomic E-state index is 2.54. The molecule has 9 aromatic carbocycles. The Bertz CT molecular complexity index is 4070. The lowest BCUT2D eigenvalue weighted by molar-refractivity contribution is 0.590. The molecule has 0 bridgehead atoms. The molecule has 0 radical (unpaired) electrons. The molecule has 88 heavy (non-hydrogen) atoms. The van der Waals surface area contributed by atoms with E-state index in [1.54, 1.807) is 0 Å². The molecule has 3 heterocycles. The highest BCUT2D eigenvalue weighted by Crippen LogP contribution is 2.42. The molecule has 0 amide bonds. The third-order valence-electron chi connectivity index (χ3n) is 19.9. The molecular weight excluding hydrogens is 1060 g/mol. The molecule has 0 aliphatic heterocycles. The minimum atomic E-state index is -0.0670. The first-order valence-electron chi connectivity index (χ1n) is 32.5. The van der Waals surface area contributed by atoms with Crippen LogP contribution in [0.5, 0.6) is 0 Å². The molecule has 0 unspecified atom stereocenters. The van der Waals surface area contributed by atoms with Gasteiger partial charge >= 0.3 is 0 Å². The van der Waals surface area contributed by atoms with Gasteiger partial charge in [0.15, 0.2) is 0 Å². The number of nitrogens with zero attached hydrogens (tertiary/aromatic N) is 3. The minimum Gasteiger partial charge on any atom is -0.309 e. The van der Waals surface area contributed by atoms with Crippen molar-refractivity contribution in [3.8, 4) is 17.1 Å². The van der Waals surface area contributed by atoms with Crippen LogP contribution in [-0.2, 0) is 32.5 Å². The van der Waals surface area contributed by atoms with Crippen LogP contribution >= 0.6 is 0 Å². The van der Waals surface area contributed by atoms with Crippen molar-refractivity contribution in [1.29, 1.82) is 0 Å². The van der Waals surface area contributed by atoms with Crippen LogP contribution in [0.4, 0.5) is 0 Å². The first kappa shape index (κ1) is 60.7. The Morgan fingerprint density at radius 3 is 0.500 bits per heavy atom. The van der Waals surface area contributed by atoms with E-state index in [1.165, 1.54) is 166 Å². The highest BCUT2D eigenvalue weighted by atomic mass is 15.0. The van der Waals surface area contributed by atoms with Crippen molar-refractivity contribution < 1.29 is 0 Å². The van der Waals surface area contributed by atoms with Crippen molar-refractivity contribution in [3.63, 3.8) is 0 Å². The van der Waals surface area contributed by atoms with Crippen molar-refractivity contribution in [2.75, 3.05) is 0 Å². The molecule has 12 aromatic rings. The fourth-order valence-electron chi connectivity index (χ4n) is 14.7. The van der Waals surface area contributed by atoms with Gasteiger partial charge in [0, 0.05) is 49.4 Å². The van der Waals surface area contributed by atoms with Crippen LogP contribution in [0, 0.1) is 41.5 Å². The summed E-state index contributed by atoms with van der Waals surface area (Å²) in [6.45, 7) is 56.1. The standard InChI is InChI=1S/C84H96BN3/c1-49-37-61(86-70-31-25-55(79(7,8)9)43-64(70)65-44-56(80(10,11)12)26-32-71(65)86)38-50(2)76(49)85(77-51(3)39-62(40-52(77)4)87-72-33-27-57(81(13,14)15)45-66(72)67-46-58(82(16,17)18)28-34-73(67)87)78-53(5)41-63(42-54(78)6)88-74-35-29-59(83(19,20)21)47-68(74)69-48-60(84(22,23)24)30-36-75(69)88/h25-48H,1-24H3. The maximum Gasteiger partial charge on any atom is 0.243 e. The third kappa shape index (κ3) is 10.2. The molecule has 3 aromatic heterocycles. The predicted molar refractivity (Wildman–Crippen MR) is 388 cm³/mol. The molecule has 0 fully saturated rings. The van der Waals surface area contributed by atoms with E-state index in [0.29, 0.717) is 0 Å². The zero-order chi connectivity index (χ0) is 63.6. The number of aromatic nitrogens is 3. The average molecular weight is 1160 g/mol. The van der Waals surface area contributed by atoms with Crippen LogP contribution in [0.2, 0.25) is 0 Å². The van der Waals surface area contributed by atoms with Gasteiger partial charge in [-0.3, -0.25) is 0 Å². The number of benzene rings is 9. The summed E-state index contributed by atoms with van der Waals surface area (Å²) in [5, 5.41) is 7.85. The quantitative estimate of drug-likeness (QED) is 0.147. The Kier molecular flexibility index (Phi) is 14.1. The van der Waals surface area contributed by atoms with E-state index in [4.69, 9.17) is 0 Å². The summed E-state index contributed by atoms with van der Waals surface area (Å²) >= 11 is 0. The van der Waals surface area contributed by atoms with Crippen LogP contribution in [0.3, 0.4) is 0 Å². The molecule has 3 nitrogen and oxygen atoms in total. The Hall–Kier alpha value is -7.56. The lowest BCUT2D eigenvalue weighted by atomic mass is 9.33. The second-order valence-electron chi connectivity index (χ2n) is 32.8. The van der Waals surface area contributed by atoms with Gasteiger partial charge in [0.25, 0.3) is 0 Å². The summed E-state index contributed by atoms with van der Waals surface area (Å²) in [6.07, 6.45) is 0. The topological polar surface area (TPSA) is 14.8 Å².